The van der Waals surface area contributed by atoms with Crippen LogP contribution in [0, 0.1) is 0 Å². The van der Waals surface area contributed by atoms with E-state index in [0.717, 1.165) is 24.3 Å². The molecule has 2 heterocycles. The molecule has 1 amide bonds. The van der Waals surface area contributed by atoms with Crippen LogP contribution in [0.4, 0.5) is 0 Å². The molecule has 6 nitrogen and oxygen atoms in total. The first-order valence-electron chi connectivity index (χ1n) is 6.49. The molecule has 1 saturated carbocycles. The SMILES string of the molecule is O=C(c1ccc(=O)[nH]n1)N(CCc1nccs1)C1CC1. The number of nitrogens with zero attached hydrogens (tertiary/aromatic N) is 3. The summed E-state index contributed by atoms with van der Waals surface area (Å²) in [5, 5.41) is 9.07. The van der Waals surface area contributed by atoms with E-state index in [1.54, 1.807) is 17.5 Å². The van der Waals surface area contributed by atoms with Gasteiger partial charge < -0.3 is 4.90 Å². The van der Waals surface area contributed by atoms with Crippen LogP contribution >= 0.6 is 11.3 Å². The van der Waals surface area contributed by atoms with Crippen LogP contribution < -0.4 is 5.56 Å². The van der Waals surface area contributed by atoms with Crippen molar-refractivity contribution in [2.75, 3.05) is 6.54 Å². The van der Waals surface area contributed by atoms with Gasteiger partial charge >= 0.3 is 0 Å². The van der Waals surface area contributed by atoms with Crippen LogP contribution in [0.3, 0.4) is 0 Å². The van der Waals surface area contributed by atoms with Crippen molar-refractivity contribution in [1.29, 1.82) is 0 Å². The Kier molecular flexibility index (Phi) is 3.60. The summed E-state index contributed by atoms with van der Waals surface area (Å²) in [5.74, 6) is -0.125. The van der Waals surface area contributed by atoms with Gasteiger partial charge in [-0.1, -0.05) is 0 Å². The maximum Gasteiger partial charge on any atom is 0.274 e. The standard InChI is InChI=1S/C13H14N4O2S/c18-11-4-3-10(15-16-11)13(19)17(9-1-2-9)7-5-12-14-6-8-20-12/h3-4,6,8-9H,1-2,5,7H2,(H,16,18). The fourth-order valence-electron chi connectivity index (χ4n) is 2.04. The van der Waals surface area contributed by atoms with E-state index in [2.05, 4.69) is 15.2 Å². The van der Waals surface area contributed by atoms with E-state index in [1.165, 1.54) is 12.1 Å². The van der Waals surface area contributed by atoms with Gasteiger partial charge in [0.15, 0.2) is 0 Å². The molecule has 2 aromatic heterocycles. The summed E-state index contributed by atoms with van der Waals surface area (Å²) in [6.07, 6.45) is 4.59. The molecule has 1 aliphatic rings. The molecule has 0 spiro atoms. The van der Waals surface area contributed by atoms with E-state index in [0.29, 0.717) is 12.6 Å². The van der Waals surface area contributed by atoms with Crippen LogP contribution in [-0.4, -0.2) is 38.6 Å². The number of carbonyl (C=O) groups is 1. The monoisotopic (exact) mass is 290 g/mol. The summed E-state index contributed by atoms with van der Waals surface area (Å²) in [6.45, 7) is 0.637. The Labute approximate surface area is 119 Å². The first-order valence-corrected chi connectivity index (χ1v) is 7.37. The molecule has 1 N–H and O–H groups in total. The van der Waals surface area contributed by atoms with Crippen LogP contribution in [0.25, 0.3) is 0 Å². The molecule has 0 aliphatic heterocycles. The lowest BCUT2D eigenvalue weighted by atomic mass is 10.3. The summed E-state index contributed by atoms with van der Waals surface area (Å²) < 4.78 is 0. The van der Waals surface area contributed by atoms with Gasteiger partial charge in [0.05, 0.1) is 5.01 Å². The van der Waals surface area contributed by atoms with Crippen molar-refractivity contribution < 1.29 is 4.79 Å². The number of hydrogen-bond donors (Lipinski definition) is 1. The van der Waals surface area contributed by atoms with Crippen LogP contribution in [-0.2, 0) is 6.42 Å². The average molecular weight is 290 g/mol. The lowest BCUT2D eigenvalue weighted by molar-refractivity contribution is 0.0737. The van der Waals surface area contributed by atoms with Gasteiger partial charge in [-0.15, -0.1) is 11.3 Å². The summed E-state index contributed by atoms with van der Waals surface area (Å²) in [6, 6.07) is 3.10. The van der Waals surface area contributed by atoms with Crippen molar-refractivity contribution in [3.05, 3.63) is 44.8 Å². The number of thiazole rings is 1. The third kappa shape index (κ3) is 2.93. The molecule has 0 bridgehead atoms. The normalized spacial score (nSPS) is 14.2. The highest BCUT2D eigenvalue weighted by atomic mass is 32.1. The van der Waals surface area contributed by atoms with Gasteiger partial charge in [-0.2, -0.15) is 5.10 Å². The molecule has 0 aromatic carbocycles. The van der Waals surface area contributed by atoms with Gasteiger partial charge in [0.2, 0.25) is 0 Å². The maximum atomic E-state index is 12.4. The maximum absolute atomic E-state index is 12.4. The molecule has 1 fully saturated rings. The topological polar surface area (TPSA) is 79.0 Å². The van der Waals surface area contributed by atoms with Gasteiger partial charge in [-0.05, 0) is 18.9 Å². The van der Waals surface area contributed by atoms with Crippen molar-refractivity contribution in [2.45, 2.75) is 25.3 Å². The molecular formula is C13H14N4O2S. The molecule has 3 rings (SSSR count). The fourth-order valence-corrected chi connectivity index (χ4v) is 2.65. The third-order valence-electron chi connectivity index (χ3n) is 3.20. The number of aromatic nitrogens is 3. The molecular weight excluding hydrogens is 276 g/mol. The smallest absolute Gasteiger partial charge is 0.274 e. The molecule has 20 heavy (non-hydrogen) atoms. The Balaban J connectivity index is 1.71. The van der Waals surface area contributed by atoms with Gasteiger partial charge in [0.1, 0.15) is 5.69 Å². The Morgan fingerprint density at radius 2 is 2.30 bits per heavy atom. The molecule has 2 aromatic rings. The van der Waals surface area contributed by atoms with E-state index in [-0.39, 0.29) is 17.2 Å². The van der Waals surface area contributed by atoms with Crippen LogP contribution in [0.1, 0.15) is 28.3 Å². The number of H-pyrrole nitrogens is 1. The minimum absolute atomic E-state index is 0.125. The number of aromatic amines is 1. The second-order valence-corrected chi connectivity index (χ2v) is 5.69. The molecule has 0 radical (unpaired) electrons. The predicted molar refractivity (Wildman–Crippen MR) is 74.7 cm³/mol. The average Bonchev–Trinajstić information content (AvgIpc) is 3.15. The number of hydrogen-bond acceptors (Lipinski definition) is 5. The zero-order chi connectivity index (χ0) is 13.9. The Morgan fingerprint density at radius 3 is 2.90 bits per heavy atom. The van der Waals surface area contributed by atoms with E-state index >= 15 is 0 Å². The summed E-state index contributed by atoms with van der Waals surface area (Å²) >= 11 is 1.59. The van der Waals surface area contributed by atoms with Gasteiger partial charge in [-0.3, -0.25) is 9.59 Å². The van der Waals surface area contributed by atoms with E-state index in [4.69, 9.17) is 0 Å². The zero-order valence-corrected chi connectivity index (χ0v) is 11.6. The molecule has 0 saturated heterocycles. The van der Waals surface area contributed by atoms with E-state index in [9.17, 15) is 9.59 Å². The summed E-state index contributed by atoms with van der Waals surface area (Å²) in [5.41, 5.74) is -0.0158. The van der Waals surface area contributed by atoms with E-state index in [1.807, 2.05) is 10.3 Å². The second-order valence-electron chi connectivity index (χ2n) is 4.71. The molecule has 1 aliphatic carbocycles. The highest BCUT2D eigenvalue weighted by Gasteiger charge is 2.33. The summed E-state index contributed by atoms with van der Waals surface area (Å²) in [4.78, 5) is 29.5. The van der Waals surface area contributed by atoms with Gasteiger partial charge in [-0.25, -0.2) is 10.1 Å². The number of carbonyl (C=O) groups excluding carboxylic acids is 1. The predicted octanol–water partition coefficient (Wildman–Crippen LogP) is 1.07. The van der Waals surface area contributed by atoms with Crippen molar-refractivity contribution in [2.24, 2.45) is 0 Å². The number of rotatable bonds is 5. The van der Waals surface area contributed by atoms with Gasteiger partial charge in [0.25, 0.3) is 11.5 Å². The summed E-state index contributed by atoms with van der Waals surface area (Å²) in [7, 11) is 0. The minimum Gasteiger partial charge on any atom is -0.334 e. The van der Waals surface area contributed by atoms with Crippen molar-refractivity contribution in [3.63, 3.8) is 0 Å². The van der Waals surface area contributed by atoms with Crippen LogP contribution in [0.5, 0.6) is 0 Å². The third-order valence-corrected chi connectivity index (χ3v) is 4.04. The molecule has 0 atom stereocenters. The lowest BCUT2D eigenvalue weighted by Gasteiger charge is -2.21. The largest absolute Gasteiger partial charge is 0.334 e. The number of amides is 1. The van der Waals surface area contributed by atoms with Crippen LogP contribution in [0.2, 0.25) is 0 Å². The Bertz CT molecular complexity index is 628. The molecule has 7 heteroatoms. The molecule has 104 valence electrons. The van der Waals surface area contributed by atoms with Crippen molar-refractivity contribution in [1.82, 2.24) is 20.1 Å². The van der Waals surface area contributed by atoms with Crippen molar-refractivity contribution >= 4 is 17.2 Å². The highest BCUT2D eigenvalue weighted by Crippen LogP contribution is 2.28. The second kappa shape index (κ2) is 5.54. The highest BCUT2D eigenvalue weighted by molar-refractivity contribution is 7.09. The number of nitrogens with one attached hydrogen (secondary N) is 1. The van der Waals surface area contributed by atoms with Gasteiger partial charge in [0, 0.05) is 36.7 Å². The minimum atomic E-state index is -0.303. The first kappa shape index (κ1) is 13.0. The quantitative estimate of drug-likeness (QED) is 0.893. The Hall–Kier alpha value is -2.02. The fraction of sp³-hybridized carbons (Fsp3) is 0.385. The lowest BCUT2D eigenvalue weighted by Crippen LogP contribution is -2.36. The Morgan fingerprint density at radius 1 is 1.45 bits per heavy atom. The molecule has 0 unspecified atom stereocenters. The van der Waals surface area contributed by atoms with E-state index < -0.39 is 0 Å². The van der Waals surface area contributed by atoms with Crippen molar-refractivity contribution in [3.8, 4) is 0 Å². The zero-order valence-electron chi connectivity index (χ0n) is 10.8. The van der Waals surface area contributed by atoms with Crippen LogP contribution in [0.15, 0.2) is 28.5 Å². The first-order chi connectivity index (χ1) is 9.74.